The third-order valence-corrected chi connectivity index (χ3v) is 4.56. The van der Waals surface area contributed by atoms with Crippen LogP contribution in [0.4, 0.5) is 5.69 Å². The van der Waals surface area contributed by atoms with Gasteiger partial charge in [0.05, 0.1) is 24.6 Å². The fraction of sp³-hybridized carbons (Fsp3) is 0.200. The molecule has 1 N–H and O–H groups in total. The predicted molar refractivity (Wildman–Crippen MR) is 111 cm³/mol. The molecule has 0 bridgehead atoms. The van der Waals surface area contributed by atoms with Gasteiger partial charge in [0, 0.05) is 23.7 Å². The van der Waals surface area contributed by atoms with Crippen LogP contribution in [0.5, 0.6) is 17.5 Å². The van der Waals surface area contributed by atoms with Crippen molar-refractivity contribution >= 4 is 15.7 Å². The maximum absolute atomic E-state index is 11.8. The van der Waals surface area contributed by atoms with Gasteiger partial charge in [-0.25, -0.2) is 18.4 Å². The van der Waals surface area contributed by atoms with Crippen molar-refractivity contribution in [3.8, 4) is 34.8 Å². The monoisotopic (exact) mass is 425 g/mol. The van der Waals surface area contributed by atoms with E-state index in [1.165, 1.54) is 19.4 Å². The lowest BCUT2D eigenvalue weighted by atomic mass is 10.1. The first-order chi connectivity index (χ1) is 14.2. The Morgan fingerprint density at radius 2 is 1.87 bits per heavy atom. The molecule has 0 aliphatic carbocycles. The van der Waals surface area contributed by atoms with Crippen molar-refractivity contribution in [2.45, 2.75) is 13.8 Å². The van der Waals surface area contributed by atoms with E-state index in [1.54, 1.807) is 18.3 Å². The number of anilines is 1. The van der Waals surface area contributed by atoms with Crippen molar-refractivity contribution in [2.24, 2.45) is 0 Å². The summed E-state index contributed by atoms with van der Waals surface area (Å²) in [5.74, 6) is 0.568. The molecule has 3 heterocycles. The molecule has 10 heteroatoms. The number of rotatable bonds is 6. The van der Waals surface area contributed by atoms with Crippen molar-refractivity contribution < 1.29 is 17.9 Å². The smallest absolute Gasteiger partial charge is 0.258 e. The molecule has 0 aliphatic heterocycles. The van der Waals surface area contributed by atoms with Crippen LogP contribution in [-0.2, 0) is 10.0 Å². The molecule has 3 rings (SSSR count). The van der Waals surface area contributed by atoms with Crippen molar-refractivity contribution in [1.29, 1.82) is 5.26 Å². The van der Waals surface area contributed by atoms with Gasteiger partial charge < -0.3 is 9.47 Å². The Labute approximate surface area is 174 Å². The molecule has 0 amide bonds. The van der Waals surface area contributed by atoms with E-state index in [9.17, 15) is 8.42 Å². The quantitative estimate of drug-likeness (QED) is 0.638. The molecule has 0 atom stereocenters. The SMILES string of the molecule is COc1nc(C)cc(C)c1Oc1nc(-c2cncc(C#N)c2)ccc1NS(C)(=O)=O. The average Bonchev–Trinajstić information content (AvgIpc) is 2.69. The van der Waals surface area contributed by atoms with Gasteiger partial charge in [-0.05, 0) is 43.7 Å². The van der Waals surface area contributed by atoms with Crippen molar-refractivity contribution in [3.05, 3.63) is 53.5 Å². The summed E-state index contributed by atoms with van der Waals surface area (Å²) in [6, 6.07) is 8.60. The van der Waals surface area contributed by atoms with E-state index in [0.29, 0.717) is 22.6 Å². The van der Waals surface area contributed by atoms with E-state index in [4.69, 9.17) is 14.7 Å². The maximum Gasteiger partial charge on any atom is 0.258 e. The number of hydrogen-bond donors (Lipinski definition) is 1. The molecule has 154 valence electrons. The average molecular weight is 425 g/mol. The van der Waals surface area contributed by atoms with Gasteiger partial charge in [0.15, 0.2) is 5.75 Å². The van der Waals surface area contributed by atoms with Crippen LogP contribution in [0.2, 0.25) is 0 Å². The van der Waals surface area contributed by atoms with Crippen LogP contribution < -0.4 is 14.2 Å². The van der Waals surface area contributed by atoms with Gasteiger partial charge in [-0.3, -0.25) is 9.71 Å². The van der Waals surface area contributed by atoms with E-state index in [-0.39, 0.29) is 17.4 Å². The number of hydrogen-bond acceptors (Lipinski definition) is 8. The summed E-state index contributed by atoms with van der Waals surface area (Å²) >= 11 is 0. The third-order valence-electron chi connectivity index (χ3n) is 3.97. The number of aryl methyl sites for hydroxylation is 2. The van der Waals surface area contributed by atoms with E-state index in [2.05, 4.69) is 19.7 Å². The Morgan fingerprint density at radius 1 is 1.10 bits per heavy atom. The van der Waals surface area contributed by atoms with Crippen LogP contribution in [0.3, 0.4) is 0 Å². The first kappa shape index (κ1) is 21.0. The van der Waals surface area contributed by atoms with E-state index >= 15 is 0 Å². The number of nitrogens with zero attached hydrogens (tertiary/aromatic N) is 4. The fourth-order valence-corrected chi connectivity index (χ4v) is 3.30. The Hall–Kier alpha value is -3.71. The van der Waals surface area contributed by atoms with E-state index in [1.807, 2.05) is 26.0 Å². The summed E-state index contributed by atoms with van der Waals surface area (Å²) < 4.78 is 37.3. The molecule has 0 aliphatic rings. The van der Waals surface area contributed by atoms with Gasteiger partial charge in [0.1, 0.15) is 11.8 Å². The van der Waals surface area contributed by atoms with Gasteiger partial charge >= 0.3 is 0 Å². The van der Waals surface area contributed by atoms with Gasteiger partial charge in [0.25, 0.3) is 5.88 Å². The molecule has 0 spiro atoms. The fourth-order valence-electron chi connectivity index (χ4n) is 2.75. The first-order valence-electron chi connectivity index (χ1n) is 8.74. The van der Waals surface area contributed by atoms with Gasteiger partial charge in [-0.1, -0.05) is 0 Å². The van der Waals surface area contributed by atoms with Crippen LogP contribution in [0.1, 0.15) is 16.8 Å². The zero-order valence-corrected chi connectivity index (χ0v) is 17.6. The number of ether oxygens (including phenoxy) is 2. The number of methoxy groups -OCH3 is 1. The number of sulfonamides is 1. The normalized spacial score (nSPS) is 10.9. The number of nitriles is 1. The molecule has 30 heavy (non-hydrogen) atoms. The lowest BCUT2D eigenvalue weighted by Gasteiger charge is -2.16. The van der Waals surface area contributed by atoms with Crippen molar-refractivity contribution in [1.82, 2.24) is 15.0 Å². The Kier molecular flexibility index (Phi) is 5.84. The Morgan fingerprint density at radius 3 is 2.53 bits per heavy atom. The first-order valence-corrected chi connectivity index (χ1v) is 10.6. The minimum atomic E-state index is -3.58. The highest BCUT2D eigenvalue weighted by Crippen LogP contribution is 2.37. The summed E-state index contributed by atoms with van der Waals surface area (Å²) in [7, 11) is -2.12. The molecule has 0 aromatic carbocycles. The van der Waals surface area contributed by atoms with Crippen molar-refractivity contribution in [2.75, 3.05) is 18.1 Å². The largest absolute Gasteiger partial charge is 0.478 e. The highest BCUT2D eigenvalue weighted by molar-refractivity contribution is 7.92. The van der Waals surface area contributed by atoms with Crippen LogP contribution in [0.25, 0.3) is 11.3 Å². The number of aromatic nitrogens is 3. The summed E-state index contributed by atoms with van der Waals surface area (Å²) in [5, 5.41) is 9.11. The molecular weight excluding hydrogens is 406 g/mol. The molecule has 3 aromatic rings. The summed E-state index contributed by atoms with van der Waals surface area (Å²) in [4.78, 5) is 12.8. The highest BCUT2D eigenvalue weighted by Gasteiger charge is 2.18. The summed E-state index contributed by atoms with van der Waals surface area (Å²) in [5.41, 5.74) is 3.03. The van der Waals surface area contributed by atoms with Gasteiger partial charge in [-0.2, -0.15) is 5.26 Å². The molecule has 0 unspecified atom stereocenters. The Bertz CT molecular complexity index is 1250. The minimum Gasteiger partial charge on any atom is -0.478 e. The summed E-state index contributed by atoms with van der Waals surface area (Å²) in [6.07, 6.45) is 4.02. The second-order valence-electron chi connectivity index (χ2n) is 6.52. The van der Waals surface area contributed by atoms with E-state index < -0.39 is 10.0 Å². The zero-order chi connectivity index (χ0) is 21.9. The minimum absolute atomic E-state index is 0.00680. The molecule has 3 aromatic heterocycles. The van der Waals surface area contributed by atoms with Gasteiger partial charge in [0.2, 0.25) is 15.9 Å². The van der Waals surface area contributed by atoms with Crippen molar-refractivity contribution in [3.63, 3.8) is 0 Å². The van der Waals surface area contributed by atoms with E-state index in [0.717, 1.165) is 17.5 Å². The van der Waals surface area contributed by atoms with Crippen LogP contribution >= 0.6 is 0 Å². The summed E-state index contributed by atoms with van der Waals surface area (Å²) in [6.45, 7) is 3.64. The number of nitrogens with one attached hydrogen (secondary N) is 1. The molecule has 0 fully saturated rings. The topological polar surface area (TPSA) is 127 Å². The van der Waals surface area contributed by atoms with Crippen LogP contribution in [0, 0.1) is 25.2 Å². The van der Waals surface area contributed by atoms with Crippen LogP contribution in [0.15, 0.2) is 36.7 Å². The zero-order valence-electron chi connectivity index (χ0n) is 16.8. The van der Waals surface area contributed by atoms with Gasteiger partial charge in [-0.15, -0.1) is 0 Å². The standard InChI is InChI=1S/C20H19N5O4S/c1-12-7-13(2)23-20(28-3)18(12)29-19-17(25-30(4,26)27)6-5-16(24-19)15-8-14(9-21)10-22-11-15/h5-8,10-11,25H,1-4H3. The maximum atomic E-state index is 11.8. The third kappa shape index (κ3) is 4.82. The lowest BCUT2D eigenvalue weighted by molar-refractivity contribution is 0.358. The highest BCUT2D eigenvalue weighted by atomic mass is 32.2. The van der Waals surface area contributed by atoms with Crippen LogP contribution in [-0.4, -0.2) is 36.7 Å². The molecular formula is C20H19N5O4S. The molecule has 0 saturated heterocycles. The number of pyridine rings is 3. The predicted octanol–water partition coefficient (Wildman–Crippen LogP) is 3.20. The second kappa shape index (κ2) is 8.34. The molecule has 9 nitrogen and oxygen atoms in total. The molecule has 0 saturated carbocycles. The lowest BCUT2D eigenvalue weighted by Crippen LogP contribution is -2.11. The Balaban J connectivity index is 2.14. The molecule has 0 radical (unpaired) electrons. The second-order valence-corrected chi connectivity index (χ2v) is 8.27.